The fourth-order valence-electron chi connectivity index (χ4n) is 3.06. The van der Waals surface area contributed by atoms with Crippen molar-refractivity contribution in [2.75, 3.05) is 32.8 Å². The molecule has 25 heavy (non-hydrogen) atoms. The first-order valence-corrected chi connectivity index (χ1v) is 9.19. The van der Waals surface area contributed by atoms with Crippen molar-refractivity contribution in [3.05, 3.63) is 28.8 Å². The monoisotopic (exact) mass is 346 g/mol. The van der Waals surface area contributed by atoms with Gasteiger partial charge in [0.05, 0.1) is 0 Å². The van der Waals surface area contributed by atoms with E-state index in [4.69, 9.17) is 4.74 Å². The smallest absolute Gasteiger partial charge is 0.260 e. The number of rotatable bonds is 6. The lowest BCUT2D eigenvalue weighted by Crippen LogP contribution is -2.51. The van der Waals surface area contributed by atoms with Crippen LogP contribution < -0.4 is 4.74 Å². The van der Waals surface area contributed by atoms with Gasteiger partial charge in [-0.15, -0.1) is 0 Å². The first-order valence-electron chi connectivity index (χ1n) is 9.19. The second-order valence-electron chi connectivity index (χ2n) is 6.81. The molecule has 0 saturated carbocycles. The van der Waals surface area contributed by atoms with Crippen molar-refractivity contribution in [2.45, 2.75) is 47.0 Å². The Hall–Kier alpha value is -2.04. The van der Waals surface area contributed by atoms with Crippen LogP contribution in [0.25, 0.3) is 0 Å². The molecule has 0 N–H and O–H groups in total. The molecule has 0 radical (unpaired) electrons. The molecule has 1 aliphatic heterocycles. The van der Waals surface area contributed by atoms with Crippen LogP contribution in [-0.2, 0) is 9.59 Å². The number of piperazine rings is 1. The highest BCUT2D eigenvalue weighted by atomic mass is 16.5. The quantitative estimate of drug-likeness (QED) is 0.796. The zero-order valence-corrected chi connectivity index (χ0v) is 15.9. The van der Waals surface area contributed by atoms with E-state index >= 15 is 0 Å². The molecule has 0 aromatic heterocycles. The average molecular weight is 346 g/mol. The lowest BCUT2D eigenvalue weighted by atomic mass is 10.1. The zero-order chi connectivity index (χ0) is 18.4. The summed E-state index contributed by atoms with van der Waals surface area (Å²) in [7, 11) is 0. The van der Waals surface area contributed by atoms with E-state index in [0.29, 0.717) is 32.6 Å². The van der Waals surface area contributed by atoms with Gasteiger partial charge in [-0.05, 0) is 43.9 Å². The minimum Gasteiger partial charge on any atom is -0.483 e. The molecule has 1 heterocycles. The highest BCUT2D eigenvalue weighted by Crippen LogP contribution is 2.25. The van der Waals surface area contributed by atoms with Crippen molar-refractivity contribution in [3.63, 3.8) is 0 Å². The van der Waals surface area contributed by atoms with Crippen LogP contribution in [0.1, 0.15) is 42.9 Å². The van der Waals surface area contributed by atoms with Gasteiger partial charge < -0.3 is 14.5 Å². The normalized spacial score (nSPS) is 14.6. The second kappa shape index (κ2) is 8.88. The molecule has 0 unspecified atom stereocenters. The standard InChI is InChI=1S/C20H30N2O3/c1-5-6-7-18(23)21-10-12-22(13-11-21)19(24)14-25-20-16(3)9-8-15(2)17(20)4/h8-9H,5-7,10-14H2,1-4H3. The van der Waals surface area contributed by atoms with E-state index in [9.17, 15) is 9.59 Å². The van der Waals surface area contributed by atoms with Crippen LogP contribution >= 0.6 is 0 Å². The van der Waals surface area contributed by atoms with E-state index in [1.54, 1.807) is 4.90 Å². The summed E-state index contributed by atoms with van der Waals surface area (Å²) in [6.07, 6.45) is 2.57. The summed E-state index contributed by atoms with van der Waals surface area (Å²) in [6, 6.07) is 4.08. The molecule has 0 spiro atoms. The predicted molar refractivity (Wildman–Crippen MR) is 98.8 cm³/mol. The number of aryl methyl sites for hydroxylation is 2. The Bertz CT molecular complexity index is 620. The maximum atomic E-state index is 12.4. The Balaban J connectivity index is 1.83. The lowest BCUT2D eigenvalue weighted by molar-refractivity contribution is -0.140. The van der Waals surface area contributed by atoms with Gasteiger partial charge in [0.25, 0.3) is 5.91 Å². The predicted octanol–water partition coefficient (Wildman–Crippen LogP) is 2.85. The van der Waals surface area contributed by atoms with Crippen molar-refractivity contribution < 1.29 is 14.3 Å². The molecule has 5 heteroatoms. The third-order valence-electron chi connectivity index (χ3n) is 4.94. The maximum absolute atomic E-state index is 12.4. The first-order chi connectivity index (χ1) is 11.9. The van der Waals surface area contributed by atoms with Gasteiger partial charge in [0.1, 0.15) is 5.75 Å². The number of nitrogens with zero attached hydrogens (tertiary/aromatic N) is 2. The minimum atomic E-state index is -0.0130. The van der Waals surface area contributed by atoms with Gasteiger partial charge in [0.15, 0.2) is 6.61 Å². The van der Waals surface area contributed by atoms with Gasteiger partial charge in [-0.3, -0.25) is 9.59 Å². The molecule has 0 bridgehead atoms. The van der Waals surface area contributed by atoms with Crippen molar-refractivity contribution in [2.24, 2.45) is 0 Å². The van der Waals surface area contributed by atoms with E-state index in [0.717, 1.165) is 35.3 Å². The van der Waals surface area contributed by atoms with E-state index < -0.39 is 0 Å². The molecule has 5 nitrogen and oxygen atoms in total. The summed E-state index contributed by atoms with van der Waals surface area (Å²) < 4.78 is 5.82. The Morgan fingerprint density at radius 3 is 2.12 bits per heavy atom. The molecular formula is C20H30N2O3. The van der Waals surface area contributed by atoms with Crippen LogP contribution in [0, 0.1) is 20.8 Å². The number of hydrogen-bond donors (Lipinski definition) is 0. The molecule has 138 valence electrons. The van der Waals surface area contributed by atoms with Crippen molar-refractivity contribution in [3.8, 4) is 5.75 Å². The molecule has 2 amide bonds. The number of amides is 2. The van der Waals surface area contributed by atoms with E-state index in [2.05, 4.69) is 13.0 Å². The maximum Gasteiger partial charge on any atom is 0.260 e. The Labute approximate surface area is 150 Å². The number of hydrogen-bond acceptors (Lipinski definition) is 3. The van der Waals surface area contributed by atoms with Crippen LogP contribution in [0.4, 0.5) is 0 Å². The van der Waals surface area contributed by atoms with Gasteiger partial charge in [-0.1, -0.05) is 25.5 Å². The Morgan fingerprint density at radius 1 is 0.960 bits per heavy atom. The lowest BCUT2D eigenvalue weighted by Gasteiger charge is -2.34. The largest absolute Gasteiger partial charge is 0.483 e. The molecular weight excluding hydrogens is 316 g/mol. The average Bonchev–Trinajstić information content (AvgIpc) is 2.62. The van der Waals surface area contributed by atoms with E-state index in [-0.39, 0.29) is 18.4 Å². The van der Waals surface area contributed by atoms with Crippen LogP contribution in [0.3, 0.4) is 0 Å². The van der Waals surface area contributed by atoms with Crippen LogP contribution in [0.2, 0.25) is 0 Å². The van der Waals surface area contributed by atoms with Gasteiger partial charge in [0.2, 0.25) is 5.91 Å². The molecule has 1 aliphatic rings. The number of carbonyl (C=O) groups is 2. The third kappa shape index (κ3) is 4.97. The van der Waals surface area contributed by atoms with E-state index in [1.165, 1.54) is 0 Å². The van der Waals surface area contributed by atoms with Gasteiger partial charge in [-0.2, -0.15) is 0 Å². The number of carbonyl (C=O) groups excluding carboxylic acids is 2. The van der Waals surface area contributed by atoms with Crippen LogP contribution in [0.15, 0.2) is 12.1 Å². The molecule has 1 saturated heterocycles. The first kappa shape index (κ1) is 19.3. The second-order valence-corrected chi connectivity index (χ2v) is 6.81. The fourth-order valence-corrected chi connectivity index (χ4v) is 3.06. The van der Waals surface area contributed by atoms with E-state index in [1.807, 2.05) is 31.7 Å². The highest BCUT2D eigenvalue weighted by Gasteiger charge is 2.24. The summed E-state index contributed by atoms with van der Waals surface area (Å²) in [5, 5.41) is 0. The summed E-state index contributed by atoms with van der Waals surface area (Å²) in [5.74, 6) is 0.999. The Morgan fingerprint density at radius 2 is 1.52 bits per heavy atom. The van der Waals surface area contributed by atoms with Gasteiger partial charge in [-0.25, -0.2) is 0 Å². The SMILES string of the molecule is CCCCC(=O)N1CCN(C(=O)COc2c(C)ccc(C)c2C)CC1. The molecule has 1 fully saturated rings. The highest BCUT2D eigenvalue weighted by molar-refractivity contribution is 5.79. The summed E-state index contributed by atoms with van der Waals surface area (Å²) in [6.45, 7) is 10.6. The van der Waals surface area contributed by atoms with Crippen LogP contribution in [0.5, 0.6) is 5.75 Å². The fraction of sp³-hybridized carbons (Fsp3) is 0.600. The molecule has 1 aromatic rings. The van der Waals surface area contributed by atoms with Gasteiger partial charge >= 0.3 is 0 Å². The summed E-state index contributed by atoms with van der Waals surface area (Å²) in [5.41, 5.74) is 3.29. The van der Waals surface area contributed by atoms with Crippen molar-refractivity contribution in [1.29, 1.82) is 0 Å². The molecule has 2 rings (SSSR count). The number of benzene rings is 1. The number of ether oxygens (including phenoxy) is 1. The molecule has 0 aliphatic carbocycles. The molecule has 1 aromatic carbocycles. The van der Waals surface area contributed by atoms with Crippen molar-refractivity contribution >= 4 is 11.8 Å². The minimum absolute atomic E-state index is 0.0130. The third-order valence-corrected chi connectivity index (χ3v) is 4.94. The Kier molecular flexibility index (Phi) is 6.85. The van der Waals surface area contributed by atoms with Crippen molar-refractivity contribution in [1.82, 2.24) is 9.80 Å². The van der Waals surface area contributed by atoms with Gasteiger partial charge in [0, 0.05) is 32.6 Å². The summed E-state index contributed by atoms with van der Waals surface area (Å²) >= 11 is 0. The number of unbranched alkanes of at least 4 members (excludes halogenated alkanes) is 1. The zero-order valence-electron chi connectivity index (χ0n) is 15.9. The summed E-state index contributed by atoms with van der Waals surface area (Å²) in [4.78, 5) is 28.1. The molecule has 0 atom stereocenters. The van der Waals surface area contributed by atoms with Crippen LogP contribution in [-0.4, -0.2) is 54.4 Å². The topological polar surface area (TPSA) is 49.9 Å².